The van der Waals surface area contributed by atoms with Crippen molar-refractivity contribution < 1.29 is 0 Å². The number of rotatable bonds is 1. The van der Waals surface area contributed by atoms with Crippen LogP contribution in [0.15, 0.2) is 41.5 Å². The van der Waals surface area contributed by atoms with Crippen LogP contribution < -0.4 is 0 Å². The molecule has 4 heteroatoms. The van der Waals surface area contributed by atoms with Gasteiger partial charge in [0.2, 0.25) is 0 Å². The van der Waals surface area contributed by atoms with Gasteiger partial charge in [-0.3, -0.25) is 0 Å². The van der Waals surface area contributed by atoms with Crippen molar-refractivity contribution >= 4 is 22.2 Å². The van der Waals surface area contributed by atoms with E-state index < -0.39 is 0 Å². The first-order valence-electron chi connectivity index (χ1n) is 4.53. The monoisotopic (exact) mass is 213 g/mol. The van der Waals surface area contributed by atoms with Gasteiger partial charge in [0.15, 0.2) is 0 Å². The summed E-state index contributed by atoms with van der Waals surface area (Å²) in [4.78, 5) is 12.8. The number of benzene rings is 1. The van der Waals surface area contributed by atoms with Crippen LogP contribution in [0.4, 0.5) is 0 Å². The Morgan fingerprint density at radius 3 is 2.80 bits per heavy atom. The van der Waals surface area contributed by atoms with E-state index in [2.05, 4.69) is 15.0 Å². The summed E-state index contributed by atoms with van der Waals surface area (Å²) in [5.74, 6) is 0. The molecule has 0 saturated carbocycles. The van der Waals surface area contributed by atoms with E-state index in [4.69, 9.17) is 0 Å². The van der Waals surface area contributed by atoms with Gasteiger partial charge in [0.05, 0.1) is 11.0 Å². The summed E-state index contributed by atoms with van der Waals surface area (Å²) in [6, 6.07) is 7.96. The summed E-state index contributed by atoms with van der Waals surface area (Å²) in [5.41, 5.74) is 4.59. The molecule has 0 aliphatic heterocycles. The van der Waals surface area contributed by atoms with Crippen molar-refractivity contribution in [1.82, 2.24) is 15.0 Å². The van der Waals surface area contributed by atoms with Crippen molar-refractivity contribution in [3.8, 4) is 11.4 Å². The van der Waals surface area contributed by atoms with E-state index in [0.717, 1.165) is 22.3 Å². The lowest BCUT2D eigenvalue weighted by Crippen LogP contribution is -1.88. The molecule has 0 saturated heterocycles. The van der Waals surface area contributed by atoms with Gasteiger partial charge >= 0.3 is 0 Å². The highest BCUT2D eigenvalue weighted by Crippen LogP contribution is 2.24. The van der Waals surface area contributed by atoms with Crippen molar-refractivity contribution in [2.75, 3.05) is 0 Å². The second-order valence-corrected chi connectivity index (χ2v) is 3.83. The van der Waals surface area contributed by atoms with E-state index in [1.54, 1.807) is 17.7 Å². The molecule has 72 valence electrons. The summed E-state index contributed by atoms with van der Waals surface area (Å²) in [7, 11) is 0. The fourth-order valence-electron chi connectivity index (χ4n) is 1.54. The molecule has 0 amide bonds. The third kappa shape index (κ3) is 1.39. The van der Waals surface area contributed by atoms with Crippen molar-refractivity contribution in [1.29, 1.82) is 0 Å². The van der Waals surface area contributed by atoms with E-state index in [-0.39, 0.29) is 0 Å². The molecule has 0 radical (unpaired) electrons. The zero-order chi connectivity index (χ0) is 10.1. The van der Waals surface area contributed by atoms with Gasteiger partial charge in [-0.1, -0.05) is 18.2 Å². The minimum Gasteiger partial charge on any atom is -0.243 e. The maximum Gasteiger partial charge on any atom is 0.116 e. The van der Waals surface area contributed by atoms with Crippen LogP contribution in [0, 0.1) is 0 Å². The molecule has 0 bridgehead atoms. The molecule has 1 aromatic carbocycles. The number of aromatic nitrogens is 3. The molecule has 0 atom stereocenters. The summed E-state index contributed by atoms with van der Waals surface area (Å²) in [5, 5.41) is 3.04. The number of hydrogen-bond acceptors (Lipinski definition) is 4. The van der Waals surface area contributed by atoms with Crippen LogP contribution in [0.2, 0.25) is 0 Å². The Balaban J connectivity index is 2.36. The first-order valence-corrected chi connectivity index (χ1v) is 5.48. The quantitative estimate of drug-likeness (QED) is 0.624. The third-order valence-corrected chi connectivity index (χ3v) is 2.80. The molecule has 3 aromatic rings. The molecule has 0 spiro atoms. The minimum atomic E-state index is 0.904. The molecule has 0 aliphatic carbocycles. The van der Waals surface area contributed by atoms with E-state index in [1.807, 2.05) is 35.2 Å². The predicted octanol–water partition coefficient (Wildman–Crippen LogP) is 2.75. The van der Waals surface area contributed by atoms with Crippen LogP contribution in [0.25, 0.3) is 22.3 Å². The average molecular weight is 213 g/mol. The van der Waals surface area contributed by atoms with Crippen LogP contribution >= 0.6 is 11.3 Å². The van der Waals surface area contributed by atoms with Gasteiger partial charge in [0.25, 0.3) is 0 Å². The number of fused-ring (bicyclic) bond motifs is 1. The van der Waals surface area contributed by atoms with E-state index in [1.165, 1.54) is 0 Å². The number of thiazole rings is 1. The lowest BCUT2D eigenvalue weighted by Gasteiger charge is -2.00. The van der Waals surface area contributed by atoms with E-state index >= 15 is 0 Å². The highest BCUT2D eigenvalue weighted by Gasteiger charge is 2.06. The molecule has 2 aromatic heterocycles. The Kier molecular flexibility index (Phi) is 1.93. The SMILES string of the molecule is c1ccc2c(-c3cscn3)ncnc2c1. The topological polar surface area (TPSA) is 38.7 Å². The van der Waals surface area contributed by atoms with Crippen molar-refractivity contribution in [3.63, 3.8) is 0 Å². The van der Waals surface area contributed by atoms with Crippen LogP contribution in [0.3, 0.4) is 0 Å². The molecule has 3 rings (SSSR count). The van der Waals surface area contributed by atoms with Crippen LogP contribution in [-0.2, 0) is 0 Å². The number of nitrogens with zero attached hydrogens (tertiary/aromatic N) is 3. The van der Waals surface area contributed by atoms with Gasteiger partial charge in [-0.15, -0.1) is 11.3 Å². The highest BCUT2D eigenvalue weighted by atomic mass is 32.1. The molecule has 15 heavy (non-hydrogen) atoms. The average Bonchev–Trinajstić information content (AvgIpc) is 2.82. The first kappa shape index (κ1) is 8.49. The predicted molar refractivity (Wildman–Crippen MR) is 60.6 cm³/mol. The first-order chi connectivity index (χ1) is 7.45. The second kappa shape index (κ2) is 3.40. The molecule has 0 unspecified atom stereocenters. The van der Waals surface area contributed by atoms with E-state index in [0.29, 0.717) is 0 Å². The Morgan fingerprint density at radius 1 is 1.00 bits per heavy atom. The summed E-state index contributed by atoms with van der Waals surface area (Å²) >= 11 is 1.57. The zero-order valence-corrected chi connectivity index (χ0v) is 8.61. The lowest BCUT2D eigenvalue weighted by molar-refractivity contribution is 1.21. The van der Waals surface area contributed by atoms with Crippen LogP contribution in [0.5, 0.6) is 0 Å². The normalized spacial score (nSPS) is 10.7. The van der Waals surface area contributed by atoms with E-state index in [9.17, 15) is 0 Å². The van der Waals surface area contributed by atoms with Crippen LogP contribution in [-0.4, -0.2) is 15.0 Å². The Morgan fingerprint density at radius 2 is 1.93 bits per heavy atom. The Bertz CT molecular complexity index is 584. The lowest BCUT2D eigenvalue weighted by atomic mass is 10.1. The van der Waals surface area contributed by atoms with Gasteiger partial charge in [-0.25, -0.2) is 15.0 Å². The molecule has 0 fully saturated rings. The summed E-state index contributed by atoms with van der Waals surface area (Å²) in [6.07, 6.45) is 1.58. The zero-order valence-electron chi connectivity index (χ0n) is 7.79. The maximum absolute atomic E-state index is 4.28. The molecule has 2 heterocycles. The second-order valence-electron chi connectivity index (χ2n) is 3.11. The van der Waals surface area contributed by atoms with Crippen molar-refractivity contribution in [2.45, 2.75) is 0 Å². The van der Waals surface area contributed by atoms with Gasteiger partial charge in [0, 0.05) is 10.8 Å². The van der Waals surface area contributed by atoms with Gasteiger partial charge < -0.3 is 0 Å². The smallest absolute Gasteiger partial charge is 0.116 e. The number of hydrogen-bond donors (Lipinski definition) is 0. The van der Waals surface area contributed by atoms with Gasteiger partial charge in [-0.2, -0.15) is 0 Å². The number of para-hydroxylation sites is 1. The summed E-state index contributed by atoms with van der Waals surface area (Å²) in [6.45, 7) is 0. The molecule has 0 aliphatic rings. The van der Waals surface area contributed by atoms with Gasteiger partial charge in [0.1, 0.15) is 17.7 Å². The largest absolute Gasteiger partial charge is 0.243 e. The highest BCUT2D eigenvalue weighted by molar-refractivity contribution is 7.07. The fraction of sp³-hybridized carbons (Fsp3) is 0. The summed E-state index contributed by atoms with van der Waals surface area (Å²) < 4.78 is 0. The fourth-order valence-corrected chi connectivity index (χ4v) is 2.08. The molecule has 3 nitrogen and oxygen atoms in total. The van der Waals surface area contributed by atoms with Gasteiger partial charge in [-0.05, 0) is 6.07 Å². The minimum absolute atomic E-state index is 0.904. The van der Waals surface area contributed by atoms with Crippen molar-refractivity contribution in [3.05, 3.63) is 41.5 Å². The van der Waals surface area contributed by atoms with Crippen molar-refractivity contribution in [2.24, 2.45) is 0 Å². The molecule has 0 N–H and O–H groups in total. The molecular weight excluding hydrogens is 206 g/mol. The Labute approximate surface area is 90.5 Å². The third-order valence-electron chi connectivity index (χ3n) is 2.22. The van der Waals surface area contributed by atoms with Crippen LogP contribution in [0.1, 0.15) is 0 Å². The molecular formula is C11H7N3S. The Hall–Kier alpha value is -1.81. The standard InChI is InChI=1S/C11H7N3S/c1-2-4-9-8(3-1)11(13-6-12-9)10-5-15-7-14-10/h1-7H. The maximum atomic E-state index is 4.28.